The second-order valence-corrected chi connectivity index (χ2v) is 14.3. The Bertz CT molecular complexity index is 1580. The molecule has 0 saturated heterocycles. The summed E-state index contributed by atoms with van der Waals surface area (Å²) in [4.78, 5) is 64.9. The molecular formula is C39H50N4O8S. The maximum atomic E-state index is 13.6. The number of thioether (sulfide) groups is 1. The zero-order valence-electron chi connectivity index (χ0n) is 30.2. The molecule has 3 atom stereocenters. The predicted molar refractivity (Wildman–Crippen MR) is 201 cm³/mol. The number of phenols is 1. The van der Waals surface area contributed by atoms with Crippen LogP contribution < -0.4 is 26.0 Å². The predicted octanol–water partition coefficient (Wildman–Crippen LogP) is 4.69. The molecule has 3 aromatic rings. The number of hydrogen-bond donors (Lipinski definition) is 5. The van der Waals surface area contributed by atoms with Gasteiger partial charge in [0.05, 0.1) is 6.54 Å². The van der Waals surface area contributed by atoms with Crippen LogP contribution in [0.4, 0.5) is 4.79 Å². The van der Waals surface area contributed by atoms with Gasteiger partial charge >= 0.3 is 12.1 Å². The van der Waals surface area contributed by atoms with Gasteiger partial charge in [-0.3, -0.25) is 14.4 Å². The number of aromatic hydroxyl groups is 1. The minimum absolute atomic E-state index is 0.0872. The molecule has 0 aliphatic rings. The van der Waals surface area contributed by atoms with Gasteiger partial charge in [0.25, 0.3) is 0 Å². The average molecular weight is 735 g/mol. The number of carbonyl (C=O) groups excluding carboxylic acids is 5. The van der Waals surface area contributed by atoms with Gasteiger partial charge in [0.2, 0.25) is 17.7 Å². The summed E-state index contributed by atoms with van der Waals surface area (Å²) in [6, 6.07) is 22.0. The fourth-order valence-corrected chi connectivity index (χ4v) is 5.60. The first-order chi connectivity index (χ1) is 24.8. The largest absolute Gasteiger partial charge is 0.508 e. The van der Waals surface area contributed by atoms with E-state index in [4.69, 9.17) is 9.47 Å². The van der Waals surface area contributed by atoms with Crippen molar-refractivity contribution < 1.29 is 38.6 Å². The summed E-state index contributed by atoms with van der Waals surface area (Å²) in [6.45, 7) is 4.94. The Kier molecular flexibility index (Phi) is 17.0. The van der Waals surface area contributed by atoms with E-state index in [0.717, 1.165) is 11.1 Å². The molecule has 280 valence electrons. The standard InChI is InChI=1S/C39H50N4O8S/c1-39(2,3)51-38(49)41-29(24-28-18-20-30(44)21-19-28)14-11-17-34(45)40-26-35(46)42-33(25-27-12-7-5-8-13-27)36(47)43-32(22-23-52-4)37(48)50-31-15-9-6-10-16-31/h5-10,12-13,15-16,18-21,29,32-33,44H,11,14,17,22-26H2,1-4H3,(H,40,45)(H,41,49)(H,42,46)(H,43,47)/t29?,32-,33-/m0/s1. The van der Waals surface area contributed by atoms with E-state index >= 15 is 0 Å². The Morgan fingerprint density at radius 2 is 1.38 bits per heavy atom. The van der Waals surface area contributed by atoms with Gasteiger partial charge in [-0.25, -0.2) is 9.59 Å². The van der Waals surface area contributed by atoms with Crippen molar-refractivity contribution in [2.24, 2.45) is 0 Å². The summed E-state index contributed by atoms with van der Waals surface area (Å²) in [5, 5.41) is 20.6. The maximum Gasteiger partial charge on any atom is 0.407 e. The highest BCUT2D eigenvalue weighted by Crippen LogP contribution is 2.16. The highest BCUT2D eigenvalue weighted by Gasteiger charge is 2.28. The molecule has 0 fully saturated rings. The molecule has 4 amide bonds. The van der Waals surface area contributed by atoms with Crippen LogP contribution in [0.2, 0.25) is 0 Å². The Morgan fingerprint density at radius 3 is 2.02 bits per heavy atom. The number of nitrogens with one attached hydrogen (secondary N) is 4. The van der Waals surface area contributed by atoms with Crippen molar-refractivity contribution in [1.82, 2.24) is 21.3 Å². The molecule has 5 N–H and O–H groups in total. The molecule has 12 nitrogen and oxygen atoms in total. The summed E-state index contributed by atoms with van der Waals surface area (Å²) in [5.74, 6) is -1.05. The molecule has 52 heavy (non-hydrogen) atoms. The van der Waals surface area contributed by atoms with E-state index in [2.05, 4.69) is 21.3 Å². The van der Waals surface area contributed by atoms with E-state index in [1.165, 1.54) is 11.8 Å². The van der Waals surface area contributed by atoms with E-state index in [9.17, 15) is 29.1 Å². The number of carbonyl (C=O) groups is 5. The van der Waals surface area contributed by atoms with Gasteiger partial charge < -0.3 is 35.8 Å². The molecule has 1 unspecified atom stereocenters. The zero-order valence-corrected chi connectivity index (χ0v) is 31.0. The van der Waals surface area contributed by atoms with Crippen LogP contribution in [0.15, 0.2) is 84.9 Å². The molecular weight excluding hydrogens is 685 g/mol. The molecule has 0 spiro atoms. The van der Waals surface area contributed by atoms with Crippen molar-refractivity contribution in [3.05, 3.63) is 96.1 Å². The van der Waals surface area contributed by atoms with Crippen molar-refractivity contribution in [3.63, 3.8) is 0 Å². The normalized spacial score (nSPS) is 12.8. The molecule has 0 bridgehead atoms. The average Bonchev–Trinajstić information content (AvgIpc) is 3.09. The van der Waals surface area contributed by atoms with Crippen LogP contribution in [-0.4, -0.2) is 77.2 Å². The van der Waals surface area contributed by atoms with Crippen LogP contribution in [0, 0.1) is 0 Å². The number of amides is 4. The first kappa shape index (κ1) is 41.4. The Hall–Kier alpha value is -5.04. The van der Waals surface area contributed by atoms with E-state index in [1.807, 2.05) is 36.6 Å². The third-order valence-electron chi connectivity index (χ3n) is 7.65. The van der Waals surface area contributed by atoms with Gasteiger partial charge in [-0.05, 0) is 93.9 Å². The lowest BCUT2D eigenvalue weighted by atomic mass is 10.0. The summed E-state index contributed by atoms with van der Waals surface area (Å²) in [7, 11) is 0. The second kappa shape index (κ2) is 21.4. The second-order valence-electron chi connectivity index (χ2n) is 13.3. The number of para-hydroxylation sites is 1. The van der Waals surface area contributed by atoms with E-state index in [-0.39, 0.29) is 37.1 Å². The van der Waals surface area contributed by atoms with Gasteiger partial charge in [-0.2, -0.15) is 11.8 Å². The van der Waals surface area contributed by atoms with Crippen LogP contribution >= 0.6 is 11.8 Å². The summed E-state index contributed by atoms with van der Waals surface area (Å²) in [5.41, 5.74) is 0.998. The van der Waals surface area contributed by atoms with Crippen molar-refractivity contribution in [2.75, 3.05) is 18.6 Å². The summed E-state index contributed by atoms with van der Waals surface area (Å²) >= 11 is 1.52. The van der Waals surface area contributed by atoms with Gasteiger partial charge in [-0.15, -0.1) is 0 Å². The van der Waals surface area contributed by atoms with E-state index < -0.39 is 41.6 Å². The third kappa shape index (κ3) is 16.3. The van der Waals surface area contributed by atoms with Crippen molar-refractivity contribution in [3.8, 4) is 11.5 Å². The molecule has 0 heterocycles. The van der Waals surface area contributed by atoms with Crippen molar-refractivity contribution >= 4 is 41.5 Å². The van der Waals surface area contributed by atoms with Crippen molar-refractivity contribution in [2.45, 2.75) is 83.0 Å². The number of hydrogen-bond acceptors (Lipinski definition) is 9. The van der Waals surface area contributed by atoms with Crippen molar-refractivity contribution in [1.29, 1.82) is 0 Å². The molecule has 0 saturated carbocycles. The smallest absolute Gasteiger partial charge is 0.407 e. The lowest BCUT2D eigenvalue weighted by molar-refractivity contribution is -0.140. The minimum atomic E-state index is -1.03. The lowest BCUT2D eigenvalue weighted by Crippen LogP contribution is -2.54. The molecule has 0 aromatic heterocycles. The summed E-state index contributed by atoms with van der Waals surface area (Å²) in [6.07, 6.45) is 3.19. The zero-order chi connectivity index (χ0) is 37.9. The SMILES string of the molecule is CSCC[C@H](NC(=O)[C@H](Cc1ccccc1)NC(=O)CNC(=O)CCCC(Cc1ccc(O)cc1)NC(=O)OC(C)(C)C)C(=O)Oc1ccccc1. The first-order valence-corrected chi connectivity index (χ1v) is 18.6. The molecule has 3 aromatic carbocycles. The van der Waals surface area contributed by atoms with E-state index in [1.54, 1.807) is 75.4 Å². The first-order valence-electron chi connectivity index (χ1n) is 17.2. The topological polar surface area (TPSA) is 172 Å². The number of phenolic OH excluding ortho intramolecular Hbond substituents is 1. The fourth-order valence-electron chi connectivity index (χ4n) is 5.13. The quantitative estimate of drug-likeness (QED) is 0.0866. The van der Waals surface area contributed by atoms with Crippen LogP contribution in [0.25, 0.3) is 0 Å². The molecule has 0 aliphatic heterocycles. The number of rotatable bonds is 19. The van der Waals surface area contributed by atoms with Gasteiger partial charge in [0, 0.05) is 18.9 Å². The molecule has 3 rings (SSSR count). The lowest BCUT2D eigenvalue weighted by Gasteiger charge is -2.24. The highest BCUT2D eigenvalue weighted by atomic mass is 32.2. The third-order valence-corrected chi connectivity index (χ3v) is 8.29. The summed E-state index contributed by atoms with van der Waals surface area (Å²) < 4.78 is 10.9. The Labute approximate surface area is 309 Å². The van der Waals surface area contributed by atoms with Gasteiger partial charge in [0.15, 0.2) is 0 Å². The maximum absolute atomic E-state index is 13.6. The minimum Gasteiger partial charge on any atom is -0.508 e. The van der Waals surface area contributed by atoms with Crippen LogP contribution in [0.1, 0.15) is 57.6 Å². The van der Waals surface area contributed by atoms with Crippen LogP contribution in [0.5, 0.6) is 11.5 Å². The Morgan fingerprint density at radius 1 is 0.750 bits per heavy atom. The monoisotopic (exact) mass is 734 g/mol. The van der Waals surface area contributed by atoms with Crippen LogP contribution in [-0.2, 0) is 36.8 Å². The number of ether oxygens (including phenoxy) is 2. The molecule has 0 radical (unpaired) electrons. The van der Waals surface area contributed by atoms with Gasteiger partial charge in [-0.1, -0.05) is 60.7 Å². The highest BCUT2D eigenvalue weighted by molar-refractivity contribution is 7.98. The number of alkyl carbamates (subject to hydrolysis) is 1. The van der Waals surface area contributed by atoms with Gasteiger partial charge in [0.1, 0.15) is 29.2 Å². The Balaban J connectivity index is 1.57. The molecule has 13 heteroatoms. The fraction of sp³-hybridized carbons (Fsp3) is 0.410. The van der Waals surface area contributed by atoms with Crippen LogP contribution in [0.3, 0.4) is 0 Å². The number of esters is 1. The molecule has 0 aliphatic carbocycles. The number of benzene rings is 3. The van der Waals surface area contributed by atoms with E-state index in [0.29, 0.717) is 37.2 Å².